The van der Waals surface area contributed by atoms with Crippen molar-refractivity contribution in [2.75, 3.05) is 0 Å². The molecule has 0 aliphatic heterocycles. The van der Waals surface area contributed by atoms with E-state index in [0.29, 0.717) is 16.7 Å². The third kappa shape index (κ3) is 0.798. The molecular formula is C7H10Cl2. The van der Waals surface area contributed by atoms with Crippen LogP contribution in [0.2, 0.25) is 0 Å². The van der Waals surface area contributed by atoms with Gasteiger partial charge in [0.15, 0.2) is 0 Å². The predicted octanol–water partition coefficient (Wildman–Crippen LogP) is 2.63. The third-order valence-electron chi connectivity index (χ3n) is 2.72. The first-order chi connectivity index (χ1) is 4.29. The van der Waals surface area contributed by atoms with E-state index in [9.17, 15) is 0 Å². The highest BCUT2D eigenvalue weighted by Crippen LogP contribution is 2.49. The predicted molar refractivity (Wildman–Crippen MR) is 40.1 cm³/mol. The van der Waals surface area contributed by atoms with E-state index in [4.69, 9.17) is 23.2 Å². The van der Waals surface area contributed by atoms with Crippen molar-refractivity contribution in [1.29, 1.82) is 0 Å². The van der Waals surface area contributed by atoms with Gasteiger partial charge in [-0.25, -0.2) is 0 Å². The van der Waals surface area contributed by atoms with Crippen molar-refractivity contribution in [3.8, 4) is 0 Å². The van der Waals surface area contributed by atoms with E-state index < -0.39 is 0 Å². The summed E-state index contributed by atoms with van der Waals surface area (Å²) in [5, 5.41) is 0.804. The van der Waals surface area contributed by atoms with Crippen LogP contribution in [0.5, 0.6) is 0 Å². The molecule has 0 radical (unpaired) electrons. The van der Waals surface area contributed by atoms with Crippen molar-refractivity contribution in [3.63, 3.8) is 0 Å². The SMILES string of the molecule is ClC1[C@@H]2CC[C@H]1[C@H](Cl)C2. The van der Waals surface area contributed by atoms with Gasteiger partial charge in [-0.3, -0.25) is 0 Å². The van der Waals surface area contributed by atoms with Gasteiger partial charge in [0, 0.05) is 10.8 Å². The first kappa shape index (κ1) is 6.30. The lowest BCUT2D eigenvalue weighted by Gasteiger charge is -2.13. The molecule has 0 aromatic rings. The van der Waals surface area contributed by atoms with Gasteiger partial charge >= 0.3 is 0 Å². The van der Waals surface area contributed by atoms with Gasteiger partial charge in [-0.15, -0.1) is 23.2 Å². The van der Waals surface area contributed by atoms with Gasteiger partial charge in [-0.2, -0.15) is 0 Å². The Hall–Kier alpha value is 0.580. The number of halogens is 2. The fourth-order valence-electron chi connectivity index (χ4n) is 2.17. The van der Waals surface area contributed by atoms with Crippen LogP contribution in [0, 0.1) is 11.8 Å². The summed E-state index contributed by atoms with van der Waals surface area (Å²) in [4.78, 5) is 0. The molecule has 9 heavy (non-hydrogen) atoms. The molecule has 4 atom stereocenters. The smallest absolute Gasteiger partial charge is 0.0407 e. The molecule has 2 saturated carbocycles. The third-order valence-corrected chi connectivity index (χ3v) is 3.90. The molecule has 2 fully saturated rings. The van der Waals surface area contributed by atoms with Crippen LogP contribution in [0.15, 0.2) is 0 Å². The van der Waals surface area contributed by atoms with E-state index in [1.165, 1.54) is 19.3 Å². The normalized spacial score (nSPS) is 56.7. The molecule has 0 heterocycles. The van der Waals surface area contributed by atoms with Crippen LogP contribution in [0.4, 0.5) is 0 Å². The highest BCUT2D eigenvalue weighted by molar-refractivity contribution is 6.25. The number of fused-ring (bicyclic) bond motifs is 2. The van der Waals surface area contributed by atoms with Crippen LogP contribution in [0.1, 0.15) is 19.3 Å². The highest BCUT2D eigenvalue weighted by Gasteiger charge is 2.46. The Morgan fingerprint density at radius 1 is 1.11 bits per heavy atom. The molecule has 1 unspecified atom stereocenters. The second-order valence-corrected chi connectivity index (χ2v) is 4.26. The summed E-state index contributed by atoms with van der Waals surface area (Å²) in [6.07, 6.45) is 3.76. The van der Waals surface area contributed by atoms with Crippen LogP contribution in [0.3, 0.4) is 0 Å². The zero-order valence-electron chi connectivity index (χ0n) is 5.19. The summed E-state index contributed by atoms with van der Waals surface area (Å²) >= 11 is 12.1. The molecule has 0 aromatic carbocycles. The molecule has 2 aliphatic carbocycles. The molecule has 52 valence electrons. The Kier molecular flexibility index (Phi) is 1.42. The van der Waals surface area contributed by atoms with E-state index in [-0.39, 0.29) is 0 Å². The van der Waals surface area contributed by atoms with E-state index in [2.05, 4.69) is 0 Å². The molecule has 2 bridgehead atoms. The topological polar surface area (TPSA) is 0 Å². The Balaban J connectivity index is 2.16. The lowest BCUT2D eigenvalue weighted by Crippen LogP contribution is -2.11. The zero-order valence-corrected chi connectivity index (χ0v) is 6.70. The molecule has 0 spiro atoms. The lowest BCUT2D eigenvalue weighted by atomic mass is 10.0. The molecule has 0 N–H and O–H groups in total. The second-order valence-electron chi connectivity index (χ2n) is 3.20. The van der Waals surface area contributed by atoms with Crippen molar-refractivity contribution in [2.45, 2.75) is 30.0 Å². The maximum atomic E-state index is 6.09. The van der Waals surface area contributed by atoms with Gasteiger partial charge in [-0.1, -0.05) is 0 Å². The quantitative estimate of drug-likeness (QED) is 0.484. The van der Waals surface area contributed by atoms with Crippen LogP contribution in [0.25, 0.3) is 0 Å². The fraction of sp³-hybridized carbons (Fsp3) is 1.00. The summed E-state index contributed by atoms with van der Waals surface area (Å²) in [5.41, 5.74) is 0. The lowest BCUT2D eigenvalue weighted by molar-refractivity contribution is 0.487. The molecule has 0 aromatic heterocycles. The van der Waals surface area contributed by atoms with Crippen molar-refractivity contribution in [3.05, 3.63) is 0 Å². The highest BCUT2D eigenvalue weighted by atomic mass is 35.5. The van der Waals surface area contributed by atoms with Crippen molar-refractivity contribution in [2.24, 2.45) is 11.8 Å². The summed E-state index contributed by atoms with van der Waals surface area (Å²) in [6, 6.07) is 0. The van der Waals surface area contributed by atoms with Crippen LogP contribution in [-0.4, -0.2) is 10.8 Å². The Labute approximate surface area is 65.5 Å². The first-order valence-electron chi connectivity index (χ1n) is 3.57. The summed E-state index contributed by atoms with van der Waals surface area (Å²) in [7, 11) is 0. The van der Waals surface area contributed by atoms with Crippen LogP contribution >= 0.6 is 23.2 Å². The molecule has 2 rings (SSSR count). The average Bonchev–Trinajstić information content (AvgIpc) is 2.25. The average molecular weight is 165 g/mol. The summed E-state index contributed by atoms with van der Waals surface area (Å²) in [5.74, 6) is 1.39. The Morgan fingerprint density at radius 3 is 2.11 bits per heavy atom. The largest absolute Gasteiger partial charge is 0.123 e. The number of hydrogen-bond donors (Lipinski definition) is 0. The van der Waals surface area contributed by atoms with Gasteiger partial charge in [0.05, 0.1) is 0 Å². The van der Waals surface area contributed by atoms with Gasteiger partial charge in [-0.05, 0) is 31.1 Å². The maximum Gasteiger partial charge on any atom is 0.0407 e. The van der Waals surface area contributed by atoms with Crippen molar-refractivity contribution >= 4 is 23.2 Å². The minimum atomic E-state index is 0.395. The van der Waals surface area contributed by atoms with E-state index in [1.807, 2.05) is 0 Å². The summed E-state index contributed by atoms with van der Waals surface area (Å²) in [6.45, 7) is 0. The van der Waals surface area contributed by atoms with Crippen molar-refractivity contribution in [1.82, 2.24) is 0 Å². The zero-order chi connectivity index (χ0) is 6.43. The van der Waals surface area contributed by atoms with E-state index in [0.717, 1.165) is 5.92 Å². The van der Waals surface area contributed by atoms with Crippen molar-refractivity contribution < 1.29 is 0 Å². The van der Waals surface area contributed by atoms with E-state index in [1.54, 1.807) is 0 Å². The van der Waals surface area contributed by atoms with Crippen LogP contribution < -0.4 is 0 Å². The molecule has 0 nitrogen and oxygen atoms in total. The Morgan fingerprint density at radius 2 is 1.89 bits per heavy atom. The monoisotopic (exact) mass is 164 g/mol. The minimum Gasteiger partial charge on any atom is -0.123 e. The molecule has 0 saturated heterocycles. The number of alkyl halides is 2. The molecule has 2 aliphatic rings. The van der Waals surface area contributed by atoms with Gasteiger partial charge in [0.1, 0.15) is 0 Å². The summed E-state index contributed by atoms with van der Waals surface area (Å²) < 4.78 is 0. The van der Waals surface area contributed by atoms with Gasteiger partial charge < -0.3 is 0 Å². The minimum absolute atomic E-state index is 0.395. The maximum absolute atomic E-state index is 6.09. The fourth-order valence-corrected chi connectivity index (χ4v) is 3.28. The van der Waals surface area contributed by atoms with E-state index >= 15 is 0 Å². The van der Waals surface area contributed by atoms with Gasteiger partial charge in [0.25, 0.3) is 0 Å². The molecular weight excluding hydrogens is 155 g/mol. The Bertz CT molecular complexity index is 124. The molecule has 2 heteroatoms. The standard InChI is InChI=1S/C7H10Cl2/c8-6-3-4-1-2-5(6)7(4)9/h4-7H,1-3H2/t4-,5+,6-,7?/m1/s1. The number of hydrogen-bond acceptors (Lipinski definition) is 0. The van der Waals surface area contributed by atoms with Crippen LogP contribution in [-0.2, 0) is 0 Å². The first-order valence-corrected chi connectivity index (χ1v) is 4.44. The molecule has 0 amide bonds. The van der Waals surface area contributed by atoms with Gasteiger partial charge in [0.2, 0.25) is 0 Å². The number of rotatable bonds is 0. The second kappa shape index (κ2) is 2.03.